The van der Waals surface area contributed by atoms with Crippen molar-refractivity contribution in [3.05, 3.63) is 106 Å². The first kappa shape index (κ1) is 26.9. The highest BCUT2D eigenvalue weighted by molar-refractivity contribution is 6.40. The van der Waals surface area contributed by atoms with E-state index < -0.39 is 35.3 Å². The van der Waals surface area contributed by atoms with Gasteiger partial charge in [-0.1, -0.05) is 62.4 Å². The molecule has 8 heteroatoms. The first-order valence-corrected chi connectivity index (χ1v) is 13.4. The summed E-state index contributed by atoms with van der Waals surface area (Å²) in [4.78, 5) is 47.8. The van der Waals surface area contributed by atoms with Crippen LogP contribution in [0.15, 0.2) is 89.1 Å². The standard InChI is InChI=1S/C33H27F3N2O3/c1-18(27-30(40)21-8-4-5-9-22(21)31(27)41)38-25-11-7-6-10-23(25)37-24-16-32(2,3)17-26(39)28(24)29(38)19-12-14-20(15-13-19)33(34,35)36/h4-15,28-29H,16-17H2,1-3H3/t28-,29-/m1/s1. The number of anilines is 1. The maximum Gasteiger partial charge on any atom is 0.416 e. The molecule has 1 aliphatic heterocycles. The van der Waals surface area contributed by atoms with E-state index in [9.17, 15) is 27.6 Å². The number of halogens is 3. The molecule has 2 aliphatic carbocycles. The van der Waals surface area contributed by atoms with Gasteiger partial charge in [0.05, 0.1) is 34.5 Å². The van der Waals surface area contributed by atoms with Gasteiger partial charge in [0.2, 0.25) is 0 Å². The average Bonchev–Trinajstić information content (AvgIpc) is 3.07. The minimum absolute atomic E-state index is 0.0232. The van der Waals surface area contributed by atoms with Crippen LogP contribution in [0.25, 0.3) is 0 Å². The van der Waals surface area contributed by atoms with Crippen LogP contribution in [0.1, 0.15) is 71.5 Å². The Kier molecular flexibility index (Phi) is 6.14. The van der Waals surface area contributed by atoms with E-state index in [-0.39, 0.29) is 23.2 Å². The van der Waals surface area contributed by atoms with Gasteiger partial charge in [0, 0.05) is 29.0 Å². The molecule has 3 aromatic carbocycles. The molecule has 0 bridgehead atoms. The largest absolute Gasteiger partial charge is 0.416 e. The van der Waals surface area contributed by atoms with Gasteiger partial charge < -0.3 is 4.90 Å². The van der Waals surface area contributed by atoms with Crippen molar-refractivity contribution in [2.24, 2.45) is 16.3 Å². The predicted octanol–water partition coefficient (Wildman–Crippen LogP) is 7.70. The molecule has 2 atom stereocenters. The molecule has 0 N–H and O–H groups in total. The molecule has 5 nitrogen and oxygen atoms in total. The fourth-order valence-corrected chi connectivity index (χ4v) is 6.41. The van der Waals surface area contributed by atoms with Crippen LogP contribution in [0.3, 0.4) is 0 Å². The van der Waals surface area contributed by atoms with Gasteiger partial charge >= 0.3 is 6.18 Å². The molecule has 0 aromatic heterocycles. The normalized spacial score (nSPS) is 21.6. The van der Waals surface area contributed by atoms with E-state index in [1.807, 2.05) is 19.9 Å². The molecule has 0 amide bonds. The maximum absolute atomic E-state index is 13.9. The number of carbonyl (C=O) groups is 3. The van der Waals surface area contributed by atoms with Crippen LogP contribution in [0, 0.1) is 11.3 Å². The van der Waals surface area contributed by atoms with E-state index in [0.717, 1.165) is 12.1 Å². The van der Waals surface area contributed by atoms with Gasteiger partial charge in [-0.25, -0.2) is 0 Å². The summed E-state index contributed by atoms with van der Waals surface area (Å²) in [5.74, 6) is -1.73. The average molecular weight is 557 g/mol. The highest BCUT2D eigenvalue weighted by Gasteiger charge is 2.48. The van der Waals surface area contributed by atoms with Crippen molar-refractivity contribution in [2.45, 2.75) is 45.8 Å². The van der Waals surface area contributed by atoms with E-state index >= 15 is 0 Å². The van der Waals surface area contributed by atoms with Crippen LogP contribution in [0.2, 0.25) is 0 Å². The summed E-state index contributed by atoms with van der Waals surface area (Å²) >= 11 is 0. The Labute approximate surface area is 235 Å². The Bertz CT molecular complexity index is 1650. The quantitative estimate of drug-likeness (QED) is 0.240. The smallest absolute Gasteiger partial charge is 0.334 e. The Balaban J connectivity index is 1.62. The number of Topliss-reactive ketones (excluding diaryl/α,β-unsaturated/α-hetero) is 3. The molecule has 0 radical (unpaired) electrons. The van der Waals surface area contributed by atoms with Gasteiger partial charge in [0.25, 0.3) is 0 Å². The van der Waals surface area contributed by atoms with E-state index in [1.54, 1.807) is 54.3 Å². The maximum atomic E-state index is 13.9. The number of alkyl halides is 3. The summed E-state index contributed by atoms with van der Waals surface area (Å²) in [5.41, 5.74) is 1.95. The summed E-state index contributed by atoms with van der Waals surface area (Å²) < 4.78 is 40.5. The third-order valence-electron chi connectivity index (χ3n) is 8.19. The van der Waals surface area contributed by atoms with Crippen molar-refractivity contribution in [3.8, 4) is 0 Å². The monoisotopic (exact) mass is 556 g/mol. The highest BCUT2D eigenvalue weighted by Crippen LogP contribution is 2.50. The van der Waals surface area contributed by atoms with Crippen molar-refractivity contribution >= 4 is 34.4 Å². The van der Waals surface area contributed by atoms with E-state index in [4.69, 9.17) is 4.99 Å². The lowest BCUT2D eigenvalue weighted by molar-refractivity contribution is -0.137. The van der Waals surface area contributed by atoms with E-state index in [0.29, 0.717) is 45.9 Å². The minimum Gasteiger partial charge on any atom is -0.334 e. The predicted molar refractivity (Wildman–Crippen MR) is 150 cm³/mol. The fourth-order valence-electron chi connectivity index (χ4n) is 6.41. The van der Waals surface area contributed by atoms with Crippen molar-refractivity contribution < 1.29 is 27.6 Å². The lowest BCUT2D eigenvalue weighted by Gasteiger charge is -2.42. The second-order valence-electron chi connectivity index (χ2n) is 11.7. The van der Waals surface area contributed by atoms with Crippen molar-refractivity contribution in [2.75, 3.05) is 4.90 Å². The summed E-state index contributed by atoms with van der Waals surface area (Å²) in [7, 11) is 0. The molecule has 3 aliphatic rings. The van der Waals surface area contributed by atoms with Crippen LogP contribution in [-0.2, 0) is 11.0 Å². The number of hydrogen-bond donors (Lipinski definition) is 0. The second-order valence-corrected chi connectivity index (χ2v) is 11.7. The Morgan fingerprint density at radius 1 is 0.854 bits per heavy atom. The van der Waals surface area contributed by atoms with Crippen LogP contribution in [0.5, 0.6) is 0 Å². The lowest BCUT2D eigenvalue weighted by atomic mass is 9.68. The van der Waals surface area contributed by atoms with E-state index in [2.05, 4.69) is 0 Å². The summed E-state index contributed by atoms with van der Waals surface area (Å²) in [6.45, 7) is 5.64. The summed E-state index contributed by atoms with van der Waals surface area (Å²) in [6, 6.07) is 17.7. The van der Waals surface area contributed by atoms with Gasteiger partial charge in [-0.05, 0) is 48.6 Å². The molecule has 41 heavy (non-hydrogen) atoms. The van der Waals surface area contributed by atoms with Crippen LogP contribution < -0.4 is 4.90 Å². The Morgan fingerprint density at radius 3 is 2.05 bits per heavy atom. The number of aliphatic imine (C=N–C) groups is 1. The number of carbonyl (C=O) groups excluding carboxylic acids is 3. The molecule has 6 rings (SSSR count). The number of para-hydroxylation sites is 2. The SMILES string of the molecule is CC(=C1C(=O)c2ccccc2C1=O)N1c2ccccc2N=C2CC(C)(C)CC(=O)[C@@H]2[C@H]1c1ccc(C(F)(F)F)cc1. The molecule has 1 fully saturated rings. The highest BCUT2D eigenvalue weighted by atomic mass is 19.4. The lowest BCUT2D eigenvalue weighted by Crippen LogP contribution is -2.45. The molecule has 208 valence electrons. The number of benzene rings is 3. The minimum atomic E-state index is -4.53. The third-order valence-corrected chi connectivity index (χ3v) is 8.19. The van der Waals surface area contributed by atoms with Crippen molar-refractivity contribution in [1.82, 2.24) is 0 Å². The first-order chi connectivity index (χ1) is 19.4. The zero-order valence-electron chi connectivity index (χ0n) is 22.8. The summed E-state index contributed by atoms with van der Waals surface area (Å²) in [5, 5.41) is 0. The third kappa shape index (κ3) is 4.42. The van der Waals surface area contributed by atoms with Crippen LogP contribution in [-0.4, -0.2) is 23.1 Å². The van der Waals surface area contributed by atoms with Gasteiger partial charge in [-0.3, -0.25) is 19.4 Å². The molecule has 0 unspecified atom stereocenters. The topological polar surface area (TPSA) is 66.8 Å². The van der Waals surface area contributed by atoms with Crippen molar-refractivity contribution in [3.63, 3.8) is 0 Å². The second kappa shape index (κ2) is 9.36. The molecule has 1 saturated carbocycles. The molecular formula is C33H27F3N2O3. The molecule has 3 aromatic rings. The first-order valence-electron chi connectivity index (χ1n) is 13.4. The molecular weight excluding hydrogens is 529 g/mol. The fraction of sp³-hybridized carbons (Fsp3) is 0.273. The molecule has 0 saturated heterocycles. The number of allylic oxidation sites excluding steroid dienone is 2. The van der Waals surface area contributed by atoms with E-state index in [1.165, 1.54) is 12.1 Å². The zero-order valence-corrected chi connectivity index (χ0v) is 22.8. The van der Waals surface area contributed by atoms with Gasteiger partial charge in [0.15, 0.2) is 11.6 Å². The van der Waals surface area contributed by atoms with Crippen molar-refractivity contribution in [1.29, 1.82) is 0 Å². The zero-order chi connectivity index (χ0) is 29.3. The Morgan fingerprint density at radius 2 is 1.44 bits per heavy atom. The Hall–Kier alpha value is -4.33. The van der Waals surface area contributed by atoms with Crippen LogP contribution in [0.4, 0.5) is 24.5 Å². The number of fused-ring (bicyclic) bond motifs is 3. The number of hydrogen-bond acceptors (Lipinski definition) is 5. The van der Waals surface area contributed by atoms with Gasteiger partial charge in [-0.15, -0.1) is 0 Å². The molecule has 1 heterocycles. The van der Waals surface area contributed by atoms with Crippen LogP contribution >= 0.6 is 0 Å². The number of rotatable bonds is 2. The van der Waals surface area contributed by atoms with Gasteiger partial charge in [0.1, 0.15) is 5.78 Å². The summed E-state index contributed by atoms with van der Waals surface area (Å²) in [6.07, 6.45) is -3.75. The molecule has 0 spiro atoms. The number of ketones is 3. The number of nitrogens with zero attached hydrogens (tertiary/aromatic N) is 2. The van der Waals surface area contributed by atoms with Gasteiger partial charge in [-0.2, -0.15) is 13.2 Å².